The first-order chi connectivity index (χ1) is 7.78. The normalized spacial score (nSPS) is 20.4. The molecule has 0 aliphatic carbocycles. The third-order valence-corrected chi connectivity index (χ3v) is 4.08. The summed E-state index contributed by atoms with van der Waals surface area (Å²) in [5.74, 6) is 1.16. The van der Waals surface area contributed by atoms with Crippen LogP contribution in [0.2, 0.25) is 0 Å². The van der Waals surface area contributed by atoms with Gasteiger partial charge in [-0.15, -0.1) is 11.8 Å². The number of benzene rings is 1. The van der Waals surface area contributed by atoms with E-state index in [4.69, 9.17) is 0 Å². The Kier molecular flexibility index (Phi) is 4.18. The lowest BCUT2D eigenvalue weighted by Crippen LogP contribution is -2.17. The summed E-state index contributed by atoms with van der Waals surface area (Å²) in [7, 11) is 0. The van der Waals surface area contributed by atoms with Crippen molar-refractivity contribution in [1.29, 1.82) is 0 Å². The summed E-state index contributed by atoms with van der Waals surface area (Å²) in [6, 6.07) is 8.89. The molecule has 1 aliphatic rings. The second-order valence-electron chi connectivity index (χ2n) is 3.78. The Morgan fingerprint density at radius 3 is 3.12 bits per heavy atom. The van der Waals surface area contributed by atoms with Crippen LogP contribution in [0, 0.1) is 0 Å². The fraction of sp³-hybridized carbons (Fsp3) is 0.417. The van der Waals surface area contributed by atoms with Crippen molar-refractivity contribution in [3.8, 4) is 0 Å². The zero-order valence-electron chi connectivity index (χ0n) is 9.56. The van der Waals surface area contributed by atoms with Crippen molar-refractivity contribution in [3.63, 3.8) is 0 Å². The van der Waals surface area contributed by atoms with Crippen LogP contribution in [0.4, 0.5) is 5.69 Å². The maximum Gasteiger partial charge on any atom is 0.161 e. The molecule has 1 N–H and O–H groups in total. The first-order valence-corrected chi connectivity index (χ1v) is 7.60. The van der Waals surface area contributed by atoms with Gasteiger partial charge in [0.1, 0.15) is 0 Å². The summed E-state index contributed by atoms with van der Waals surface area (Å²) in [5, 5.41) is 4.44. The van der Waals surface area contributed by atoms with Crippen LogP contribution in [0.3, 0.4) is 0 Å². The third-order valence-electron chi connectivity index (χ3n) is 2.43. The number of anilines is 1. The standard InChI is InChI=1S/C12H16N2S2/c1-9-6-7-16-12(13-9)14-10-4-3-5-11(8-10)15-2/h3-5,8-9H,6-7H2,1-2H3,(H,13,14). The molecule has 1 heterocycles. The van der Waals surface area contributed by atoms with E-state index < -0.39 is 0 Å². The molecule has 1 unspecified atom stereocenters. The molecule has 86 valence electrons. The van der Waals surface area contributed by atoms with E-state index in [1.807, 2.05) is 11.8 Å². The molecule has 1 aromatic rings. The van der Waals surface area contributed by atoms with Crippen LogP contribution in [0.15, 0.2) is 34.2 Å². The molecule has 16 heavy (non-hydrogen) atoms. The van der Waals surface area contributed by atoms with Crippen molar-refractivity contribution in [2.75, 3.05) is 17.3 Å². The highest BCUT2D eigenvalue weighted by Crippen LogP contribution is 2.22. The van der Waals surface area contributed by atoms with Crippen molar-refractivity contribution in [2.45, 2.75) is 24.3 Å². The van der Waals surface area contributed by atoms with Crippen molar-refractivity contribution >= 4 is 34.4 Å². The lowest BCUT2D eigenvalue weighted by Gasteiger charge is -2.17. The van der Waals surface area contributed by atoms with Gasteiger partial charge >= 0.3 is 0 Å². The van der Waals surface area contributed by atoms with Crippen LogP contribution in [0.5, 0.6) is 0 Å². The van der Waals surface area contributed by atoms with Gasteiger partial charge in [-0.2, -0.15) is 0 Å². The Hall–Kier alpha value is -0.610. The summed E-state index contributed by atoms with van der Waals surface area (Å²) in [6.45, 7) is 2.17. The predicted octanol–water partition coefficient (Wildman–Crippen LogP) is 3.70. The Morgan fingerprint density at radius 1 is 1.50 bits per heavy atom. The summed E-state index contributed by atoms with van der Waals surface area (Å²) < 4.78 is 0. The number of nitrogens with one attached hydrogen (secondary N) is 1. The second kappa shape index (κ2) is 5.64. The van der Waals surface area contributed by atoms with E-state index in [0.29, 0.717) is 6.04 Å². The molecular formula is C12H16N2S2. The van der Waals surface area contributed by atoms with E-state index >= 15 is 0 Å². The van der Waals surface area contributed by atoms with Crippen LogP contribution in [-0.4, -0.2) is 23.2 Å². The highest BCUT2D eigenvalue weighted by Gasteiger charge is 2.11. The maximum absolute atomic E-state index is 4.59. The molecule has 0 spiro atoms. The molecule has 1 aromatic carbocycles. The minimum Gasteiger partial charge on any atom is -0.335 e. The number of rotatable bonds is 2. The van der Waals surface area contributed by atoms with Crippen molar-refractivity contribution in [3.05, 3.63) is 24.3 Å². The van der Waals surface area contributed by atoms with Gasteiger partial charge in [-0.05, 0) is 37.8 Å². The quantitative estimate of drug-likeness (QED) is 0.812. The summed E-state index contributed by atoms with van der Waals surface area (Å²) >= 11 is 3.57. The van der Waals surface area contributed by atoms with E-state index in [1.54, 1.807) is 11.8 Å². The van der Waals surface area contributed by atoms with Gasteiger partial charge in [-0.25, -0.2) is 0 Å². The van der Waals surface area contributed by atoms with Crippen LogP contribution in [-0.2, 0) is 0 Å². The molecule has 4 heteroatoms. The van der Waals surface area contributed by atoms with E-state index in [2.05, 4.69) is 47.8 Å². The average molecular weight is 252 g/mol. The molecule has 0 saturated carbocycles. The largest absolute Gasteiger partial charge is 0.335 e. The SMILES string of the molecule is CSc1cccc(NC2=NC(C)CCS2)c1. The van der Waals surface area contributed by atoms with Crippen molar-refractivity contribution in [1.82, 2.24) is 0 Å². The predicted molar refractivity (Wildman–Crippen MR) is 75.8 cm³/mol. The number of amidine groups is 1. The Morgan fingerprint density at radius 2 is 2.38 bits per heavy atom. The summed E-state index contributed by atoms with van der Waals surface area (Å²) in [5.41, 5.74) is 1.13. The second-order valence-corrected chi connectivity index (χ2v) is 5.74. The minimum absolute atomic E-state index is 0.451. The Balaban J connectivity index is 2.08. The monoisotopic (exact) mass is 252 g/mol. The van der Waals surface area contributed by atoms with E-state index in [9.17, 15) is 0 Å². The molecule has 1 aliphatic heterocycles. The van der Waals surface area contributed by atoms with Crippen LogP contribution < -0.4 is 5.32 Å². The first kappa shape index (κ1) is 11.9. The summed E-state index contributed by atoms with van der Waals surface area (Å²) in [4.78, 5) is 5.87. The lowest BCUT2D eigenvalue weighted by molar-refractivity contribution is 0.720. The van der Waals surface area contributed by atoms with E-state index in [-0.39, 0.29) is 0 Å². The van der Waals surface area contributed by atoms with Gasteiger partial charge < -0.3 is 5.32 Å². The zero-order valence-corrected chi connectivity index (χ0v) is 11.2. The fourth-order valence-electron chi connectivity index (χ4n) is 1.52. The average Bonchev–Trinajstić information content (AvgIpc) is 2.29. The van der Waals surface area contributed by atoms with Crippen LogP contribution in [0.1, 0.15) is 13.3 Å². The Labute approximate surface area is 105 Å². The number of hydrogen-bond acceptors (Lipinski definition) is 4. The Bertz CT molecular complexity index is 390. The molecule has 0 saturated heterocycles. The third kappa shape index (κ3) is 3.19. The van der Waals surface area contributed by atoms with E-state index in [0.717, 1.165) is 16.6 Å². The highest BCUT2D eigenvalue weighted by molar-refractivity contribution is 8.14. The van der Waals surface area contributed by atoms with Gasteiger partial charge in [0.15, 0.2) is 5.17 Å². The molecule has 0 fully saturated rings. The fourth-order valence-corrected chi connectivity index (χ4v) is 3.08. The molecule has 0 amide bonds. The van der Waals surface area contributed by atoms with Crippen molar-refractivity contribution in [2.24, 2.45) is 4.99 Å². The van der Waals surface area contributed by atoms with Crippen LogP contribution in [0.25, 0.3) is 0 Å². The number of hydrogen-bond donors (Lipinski definition) is 1. The maximum atomic E-state index is 4.59. The van der Waals surface area contributed by atoms with Crippen molar-refractivity contribution < 1.29 is 0 Å². The minimum atomic E-state index is 0.451. The van der Waals surface area contributed by atoms with Gasteiger partial charge in [-0.1, -0.05) is 17.8 Å². The van der Waals surface area contributed by atoms with Gasteiger partial charge in [0.2, 0.25) is 0 Å². The number of thioether (sulfide) groups is 2. The molecule has 2 nitrogen and oxygen atoms in total. The van der Waals surface area contributed by atoms with Gasteiger partial charge in [0.25, 0.3) is 0 Å². The number of nitrogens with zero attached hydrogens (tertiary/aromatic N) is 1. The first-order valence-electron chi connectivity index (χ1n) is 5.39. The lowest BCUT2D eigenvalue weighted by atomic mass is 10.3. The van der Waals surface area contributed by atoms with E-state index in [1.165, 1.54) is 11.3 Å². The topological polar surface area (TPSA) is 24.4 Å². The van der Waals surface area contributed by atoms with Gasteiger partial charge in [0, 0.05) is 16.3 Å². The smallest absolute Gasteiger partial charge is 0.161 e. The molecule has 0 aromatic heterocycles. The molecular weight excluding hydrogens is 236 g/mol. The molecule has 2 rings (SSSR count). The molecule has 0 bridgehead atoms. The van der Waals surface area contributed by atoms with Gasteiger partial charge in [0.05, 0.1) is 6.04 Å². The molecule has 0 radical (unpaired) electrons. The number of aliphatic imine (C=N–C) groups is 1. The zero-order chi connectivity index (χ0) is 11.4. The summed E-state index contributed by atoms with van der Waals surface area (Å²) in [6.07, 6.45) is 3.27. The highest BCUT2D eigenvalue weighted by atomic mass is 32.2. The molecule has 1 atom stereocenters. The van der Waals surface area contributed by atoms with Crippen LogP contribution >= 0.6 is 23.5 Å². The van der Waals surface area contributed by atoms with Gasteiger partial charge in [-0.3, -0.25) is 4.99 Å².